The van der Waals surface area contributed by atoms with E-state index in [1.165, 1.54) is 32.7 Å². The largest absolute Gasteiger partial charge is 0.494 e. The predicted molar refractivity (Wildman–Crippen MR) is 147 cm³/mol. The molecular formula is C32H34O6. The van der Waals surface area contributed by atoms with E-state index in [1.807, 2.05) is 12.1 Å². The average Bonchev–Trinajstić information content (AvgIpc) is 3.87. The van der Waals surface area contributed by atoms with Crippen LogP contribution in [0.25, 0.3) is 21.5 Å². The summed E-state index contributed by atoms with van der Waals surface area (Å²) in [4.78, 5) is 0. The van der Waals surface area contributed by atoms with Gasteiger partial charge >= 0.3 is 0 Å². The molecule has 2 aliphatic heterocycles. The summed E-state index contributed by atoms with van der Waals surface area (Å²) in [5.41, 5.74) is 2.35. The van der Waals surface area contributed by atoms with Crippen LogP contribution in [-0.2, 0) is 32.2 Å². The molecule has 0 radical (unpaired) electrons. The van der Waals surface area contributed by atoms with Gasteiger partial charge in [-0.05, 0) is 81.9 Å². The van der Waals surface area contributed by atoms with Gasteiger partial charge < -0.3 is 28.4 Å². The maximum atomic E-state index is 6.00. The number of unbranched alkanes of at least 4 members (excludes halogenated alkanes) is 1. The first kappa shape index (κ1) is 25.1. The van der Waals surface area contributed by atoms with E-state index in [4.69, 9.17) is 28.4 Å². The molecule has 2 atom stereocenters. The SMILES string of the molecule is c1cc2cc(OCCCCOc3ccc4cc(COCC5CO5)ccc4c3)ccc2cc1COCC1CO1. The highest BCUT2D eigenvalue weighted by molar-refractivity contribution is 5.85. The molecule has 4 aromatic rings. The van der Waals surface area contributed by atoms with E-state index >= 15 is 0 Å². The van der Waals surface area contributed by atoms with E-state index in [0.717, 1.165) is 37.6 Å². The summed E-state index contributed by atoms with van der Waals surface area (Å²) in [6.45, 7) is 5.56. The van der Waals surface area contributed by atoms with Crippen LogP contribution < -0.4 is 9.47 Å². The fourth-order valence-electron chi connectivity index (χ4n) is 4.43. The van der Waals surface area contributed by atoms with Gasteiger partial charge in [0.2, 0.25) is 0 Å². The Balaban J connectivity index is 0.905. The molecule has 0 bridgehead atoms. The highest BCUT2D eigenvalue weighted by Crippen LogP contribution is 2.24. The van der Waals surface area contributed by atoms with E-state index in [1.54, 1.807) is 0 Å². The number of hydrogen-bond donors (Lipinski definition) is 0. The van der Waals surface area contributed by atoms with Gasteiger partial charge in [-0.2, -0.15) is 0 Å². The smallest absolute Gasteiger partial charge is 0.119 e. The molecule has 38 heavy (non-hydrogen) atoms. The molecule has 0 spiro atoms. The van der Waals surface area contributed by atoms with Crippen molar-refractivity contribution >= 4 is 21.5 Å². The summed E-state index contributed by atoms with van der Waals surface area (Å²) < 4.78 is 33.8. The predicted octanol–water partition coefficient (Wildman–Crippen LogP) is 6.06. The number of epoxide rings is 2. The van der Waals surface area contributed by atoms with Gasteiger partial charge in [0.15, 0.2) is 0 Å². The molecule has 2 saturated heterocycles. The maximum absolute atomic E-state index is 6.00. The van der Waals surface area contributed by atoms with Crippen molar-refractivity contribution in [3.8, 4) is 11.5 Å². The van der Waals surface area contributed by atoms with Crippen molar-refractivity contribution in [1.29, 1.82) is 0 Å². The molecular weight excluding hydrogens is 480 g/mol. The van der Waals surface area contributed by atoms with Crippen LogP contribution in [0.2, 0.25) is 0 Å². The Morgan fingerprint density at radius 2 is 0.974 bits per heavy atom. The topological polar surface area (TPSA) is 62.0 Å². The zero-order chi connectivity index (χ0) is 25.6. The number of ether oxygens (including phenoxy) is 6. The van der Waals surface area contributed by atoms with Gasteiger partial charge in [0.25, 0.3) is 0 Å². The monoisotopic (exact) mass is 514 g/mol. The van der Waals surface area contributed by atoms with Crippen molar-refractivity contribution < 1.29 is 28.4 Å². The van der Waals surface area contributed by atoms with Crippen molar-refractivity contribution in [2.45, 2.75) is 38.3 Å². The molecule has 198 valence electrons. The van der Waals surface area contributed by atoms with Crippen LogP contribution in [-0.4, -0.2) is 51.8 Å². The summed E-state index contributed by atoms with van der Waals surface area (Å²) in [5.74, 6) is 1.79. The van der Waals surface area contributed by atoms with Crippen LogP contribution >= 0.6 is 0 Å². The van der Waals surface area contributed by atoms with Crippen LogP contribution in [0.15, 0.2) is 72.8 Å². The first-order chi connectivity index (χ1) is 18.8. The molecule has 4 aromatic carbocycles. The van der Waals surface area contributed by atoms with Gasteiger partial charge in [0.05, 0.1) is 52.9 Å². The Bertz CT molecular complexity index is 1260. The lowest BCUT2D eigenvalue weighted by atomic mass is 10.1. The lowest BCUT2D eigenvalue weighted by molar-refractivity contribution is 0.104. The standard InChI is InChI=1S/C32H34O6/c1(11-35-29-9-7-25-13-23(3-5-27(25)15-29)17-33-19-31-21-37-31)2-12-36-30-10-8-26-14-24(4-6-28(26)16-30)18-34-20-32-22-38-32/h3-10,13-16,31-32H,1-2,11-12,17-22H2. The van der Waals surface area contributed by atoms with E-state index < -0.39 is 0 Å². The first-order valence-electron chi connectivity index (χ1n) is 13.5. The second-order valence-electron chi connectivity index (χ2n) is 10.0. The molecule has 6 rings (SSSR count). The van der Waals surface area contributed by atoms with E-state index in [9.17, 15) is 0 Å². The Labute approximate surface area is 223 Å². The maximum Gasteiger partial charge on any atom is 0.119 e. The van der Waals surface area contributed by atoms with E-state index in [2.05, 4.69) is 60.7 Å². The van der Waals surface area contributed by atoms with Crippen molar-refractivity contribution in [1.82, 2.24) is 0 Å². The Hall–Kier alpha value is -3.16. The van der Waals surface area contributed by atoms with Gasteiger partial charge in [-0.25, -0.2) is 0 Å². The molecule has 0 N–H and O–H groups in total. The molecule has 2 unspecified atom stereocenters. The fourth-order valence-corrected chi connectivity index (χ4v) is 4.43. The Morgan fingerprint density at radius 1 is 0.553 bits per heavy atom. The molecule has 6 heteroatoms. The van der Waals surface area contributed by atoms with Crippen LogP contribution in [0.1, 0.15) is 24.0 Å². The van der Waals surface area contributed by atoms with Crippen molar-refractivity contribution in [3.05, 3.63) is 83.9 Å². The quantitative estimate of drug-likeness (QED) is 0.142. The number of benzene rings is 4. The van der Waals surface area contributed by atoms with Gasteiger partial charge in [0.1, 0.15) is 23.7 Å². The summed E-state index contributed by atoms with van der Waals surface area (Å²) in [6.07, 6.45) is 2.46. The highest BCUT2D eigenvalue weighted by atomic mass is 16.6. The third kappa shape index (κ3) is 7.23. The number of fused-ring (bicyclic) bond motifs is 2. The van der Waals surface area contributed by atoms with Crippen LogP contribution in [0, 0.1) is 0 Å². The normalized spacial score (nSPS) is 18.1. The second kappa shape index (κ2) is 12.1. The zero-order valence-electron chi connectivity index (χ0n) is 21.6. The lowest BCUT2D eigenvalue weighted by Crippen LogP contribution is -2.03. The molecule has 0 amide bonds. The van der Waals surface area contributed by atoms with Gasteiger partial charge in [-0.15, -0.1) is 0 Å². The minimum atomic E-state index is 0.299. The van der Waals surface area contributed by atoms with E-state index in [-0.39, 0.29) is 0 Å². The summed E-state index contributed by atoms with van der Waals surface area (Å²) >= 11 is 0. The fraction of sp³-hybridized carbons (Fsp3) is 0.375. The van der Waals surface area contributed by atoms with Crippen LogP contribution in [0.5, 0.6) is 11.5 Å². The summed E-state index contributed by atoms with van der Waals surface area (Å²) in [6, 6.07) is 25.3. The van der Waals surface area contributed by atoms with Gasteiger partial charge in [0, 0.05) is 0 Å². The van der Waals surface area contributed by atoms with Gasteiger partial charge in [-0.3, -0.25) is 0 Å². The summed E-state index contributed by atoms with van der Waals surface area (Å²) in [7, 11) is 0. The van der Waals surface area contributed by atoms with Gasteiger partial charge in [-0.1, -0.05) is 36.4 Å². The average molecular weight is 515 g/mol. The van der Waals surface area contributed by atoms with Crippen molar-refractivity contribution in [3.63, 3.8) is 0 Å². The second-order valence-corrected chi connectivity index (χ2v) is 10.0. The minimum Gasteiger partial charge on any atom is -0.494 e. The third-order valence-electron chi connectivity index (χ3n) is 6.78. The minimum absolute atomic E-state index is 0.299. The Morgan fingerprint density at radius 3 is 1.42 bits per heavy atom. The lowest BCUT2D eigenvalue weighted by Gasteiger charge is -2.10. The molecule has 2 heterocycles. The summed E-state index contributed by atoms with van der Waals surface area (Å²) in [5, 5.41) is 4.73. The zero-order valence-corrected chi connectivity index (χ0v) is 21.6. The molecule has 2 fully saturated rings. The number of hydrogen-bond acceptors (Lipinski definition) is 6. The first-order valence-corrected chi connectivity index (χ1v) is 13.5. The van der Waals surface area contributed by atoms with E-state index in [0.29, 0.717) is 51.8 Å². The molecule has 0 aliphatic carbocycles. The molecule has 2 aliphatic rings. The molecule has 0 aromatic heterocycles. The van der Waals surface area contributed by atoms with Crippen LogP contribution in [0.3, 0.4) is 0 Å². The van der Waals surface area contributed by atoms with Crippen molar-refractivity contribution in [2.24, 2.45) is 0 Å². The Kier molecular flexibility index (Phi) is 8.03. The molecule has 6 nitrogen and oxygen atoms in total. The highest BCUT2D eigenvalue weighted by Gasteiger charge is 2.22. The molecule has 0 saturated carbocycles. The number of rotatable bonds is 15. The third-order valence-corrected chi connectivity index (χ3v) is 6.78. The van der Waals surface area contributed by atoms with Crippen LogP contribution in [0.4, 0.5) is 0 Å². The van der Waals surface area contributed by atoms with Crippen molar-refractivity contribution in [2.75, 3.05) is 39.6 Å².